The van der Waals surface area contributed by atoms with E-state index in [1.54, 1.807) is 0 Å². The van der Waals surface area contributed by atoms with Gasteiger partial charge in [0, 0.05) is 12.8 Å². The second kappa shape index (κ2) is 36.5. The highest BCUT2D eigenvalue weighted by Gasteiger charge is 2.16. The third kappa shape index (κ3) is 34.0. The first kappa shape index (κ1) is 43.1. The van der Waals surface area contributed by atoms with Crippen molar-refractivity contribution >= 4 is 11.9 Å². The standard InChI is InChI=1S/C41H66O5/c1-3-5-7-9-11-13-15-17-19-20-22-24-26-28-30-32-34-36-41(44)46-39(37-42)38-45-40(43)35-33-31-29-27-25-23-21-18-16-14-12-10-8-6-4-2/h5-8,11-14,17-19,21-22,24,39,42H,3-4,9-10,15-16,20,23,25-38H2,1-2H3/t39-/m0/s1. The lowest BCUT2D eigenvalue weighted by Gasteiger charge is -2.15. The lowest BCUT2D eigenvalue weighted by molar-refractivity contribution is -0.161. The Balaban J connectivity index is 3.69. The Morgan fingerprint density at radius 1 is 0.500 bits per heavy atom. The number of esters is 2. The zero-order valence-corrected chi connectivity index (χ0v) is 29.3. The van der Waals surface area contributed by atoms with Gasteiger partial charge in [0.25, 0.3) is 0 Å². The molecule has 0 rings (SSSR count). The summed E-state index contributed by atoms with van der Waals surface area (Å²) in [6.45, 7) is 3.85. The minimum Gasteiger partial charge on any atom is -0.462 e. The molecule has 0 aliphatic carbocycles. The number of carbonyl (C=O) groups is 2. The summed E-state index contributed by atoms with van der Waals surface area (Å²) in [5.41, 5.74) is 0. The Morgan fingerprint density at radius 3 is 1.30 bits per heavy atom. The maximum atomic E-state index is 12.1. The van der Waals surface area contributed by atoms with Crippen molar-refractivity contribution in [1.82, 2.24) is 0 Å². The van der Waals surface area contributed by atoms with E-state index in [-0.39, 0.29) is 25.2 Å². The lowest BCUT2D eigenvalue weighted by Crippen LogP contribution is -2.28. The summed E-state index contributed by atoms with van der Waals surface area (Å²) >= 11 is 0. The molecule has 0 aromatic carbocycles. The van der Waals surface area contributed by atoms with E-state index >= 15 is 0 Å². The van der Waals surface area contributed by atoms with Gasteiger partial charge in [-0.3, -0.25) is 9.59 Å². The number of aliphatic hydroxyl groups is 1. The number of hydrogen-bond donors (Lipinski definition) is 1. The van der Waals surface area contributed by atoms with Gasteiger partial charge in [0.1, 0.15) is 6.61 Å². The molecule has 0 heterocycles. The van der Waals surface area contributed by atoms with Gasteiger partial charge in [-0.15, -0.1) is 0 Å². The van der Waals surface area contributed by atoms with Crippen LogP contribution >= 0.6 is 0 Å². The predicted octanol–water partition coefficient (Wildman–Crippen LogP) is 11.2. The van der Waals surface area contributed by atoms with Crippen molar-refractivity contribution in [2.75, 3.05) is 13.2 Å². The van der Waals surface area contributed by atoms with E-state index < -0.39 is 6.10 Å². The summed E-state index contributed by atoms with van der Waals surface area (Å²) < 4.78 is 10.6. The summed E-state index contributed by atoms with van der Waals surface area (Å²) in [5, 5.41) is 9.53. The van der Waals surface area contributed by atoms with E-state index in [2.05, 4.69) is 98.9 Å². The first-order valence-corrected chi connectivity index (χ1v) is 18.1. The van der Waals surface area contributed by atoms with Gasteiger partial charge in [-0.25, -0.2) is 0 Å². The van der Waals surface area contributed by atoms with E-state index in [0.29, 0.717) is 12.8 Å². The quantitative estimate of drug-likeness (QED) is 0.0465. The number of unbranched alkanes of at least 4 members (excludes halogenated alkanes) is 9. The molecule has 0 aliphatic rings. The molecule has 0 aromatic heterocycles. The Hall–Kier alpha value is -2.92. The molecule has 0 unspecified atom stereocenters. The van der Waals surface area contributed by atoms with Gasteiger partial charge in [0.05, 0.1) is 6.61 Å². The van der Waals surface area contributed by atoms with Gasteiger partial charge in [0.15, 0.2) is 6.10 Å². The Kier molecular flexibility index (Phi) is 34.2. The van der Waals surface area contributed by atoms with Crippen LogP contribution in [0.4, 0.5) is 0 Å². The molecule has 0 saturated carbocycles. The van der Waals surface area contributed by atoms with Gasteiger partial charge in [-0.1, -0.05) is 131 Å². The highest BCUT2D eigenvalue weighted by Crippen LogP contribution is 2.10. The molecule has 0 radical (unpaired) electrons. The minimum atomic E-state index is -0.795. The topological polar surface area (TPSA) is 72.8 Å². The number of carbonyl (C=O) groups excluding carboxylic acids is 2. The Labute approximate surface area is 282 Å². The van der Waals surface area contributed by atoms with Crippen LogP contribution in [0.5, 0.6) is 0 Å². The van der Waals surface area contributed by atoms with Crippen molar-refractivity contribution in [3.63, 3.8) is 0 Å². The fraction of sp³-hybridized carbons (Fsp3) is 0.610. The maximum Gasteiger partial charge on any atom is 0.306 e. The SMILES string of the molecule is CCC=CCC=CCC=CCC=CCCCCCCC(=O)O[C@@H](CO)COC(=O)CCCCCCCC=CCC=CCC=CCC. The number of rotatable bonds is 31. The molecular formula is C41H66O5. The molecule has 0 amide bonds. The zero-order chi connectivity index (χ0) is 33.6. The second-order valence-corrected chi connectivity index (χ2v) is 11.5. The van der Waals surface area contributed by atoms with Crippen molar-refractivity contribution in [1.29, 1.82) is 0 Å². The summed E-state index contributed by atoms with van der Waals surface area (Å²) in [4.78, 5) is 24.2. The molecule has 0 saturated heterocycles. The number of allylic oxidation sites excluding steroid dienone is 14. The third-order valence-corrected chi connectivity index (χ3v) is 7.18. The molecule has 0 aromatic rings. The number of aliphatic hydroxyl groups excluding tert-OH is 1. The van der Waals surface area contributed by atoms with Crippen molar-refractivity contribution < 1.29 is 24.2 Å². The Bertz CT molecular complexity index is 906. The largest absolute Gasteiger partial charge is 0.462 e. The lowest BCUT2D eigenvalue weighted by atomic mass is 10.1. The first-order chi connectivity index (χ1) is 22.6. The molecule has 0 spiro atoms. The minimum absolute atomic E-state index is 0.0904. The zero-order valence-electron chi connectivity index (χ0n) is 29.3. The fourth-order valence-electron chi connectivity index (χ4n) is 4.50. The molecule has 5 heteroatoms. The van der Waals surface area contributed by atoms with E-state index in [1.165, 1.54) is 6.42 Å². The molecule has 46 heavy (non-hydrogen) atoms. The molecule has 0 bridgehead atoms. The van der Waals surface area contributed by atoms with Gasteiger partial charge in [0.2, 0.25) is 0 Å². The van der Waals surface area contributed by atoms with E-state index in [4.69, 9.17) is 9.47 Å². The van der Waals surface area contributed by atoms with Gasteiger partial charge < -0.3 is 14.6 Å². The highest BCUT2D eigenvalue weighted by molar-refractivity contribution is 5.70. The third-order valence-electron chi connectivity index (χ3n) is 7.18. The molecule has 0 fully saturated rings. The molecule has 1 atom stereocenters. The summed E-state index contributed by atoms with van der Waals surface area (Å²) in [7, 11) is 0. The smallest absolute Gasteiger partial charge is 0.306 e. The molecular weight excluding hydrogens is 572 g/mol. The number of ether oxygens (including phenoxy) is 2. The number of hydrogen-bond acceptors (Lipinski definition) is 5. The van der Waals surface area contributed by atoms with Crippen molar-refractivity contribution in [3.05, 3.63) is 85.1 Å². The molecule has 0 aliphatic heterocycles. The summed E-state index contributed by atoms with van der Waals surface area (Å²) in [6.07, 6.45) is 49.2. The monoisotopic (exact) mass is 638 g/mol. The summed E-state index contributed by atoms with van der Waals surface area (Å²) in [5.74, 6) is -0.649. The Morgan fingerprint density at radius 2 is 0.870 bits per heavy atom. The average molecular weight is 639 g/mol. The molecule has 5 nitrogen and oxygen atoms in total. The van der Waals surface area contributed by atoms with Crippen LogP contribution in [0.15, 0.2) is 85.1 Å². The van der Waals surface area contributed by atoms with Crippen molar-refractivity contribution in [2.45, 2.75) is 148 Å². The van der Waals surface area contributed by atoms with Crippen molar-refractivity contribution in [2.24, 2.45) is 0 Å². The van der Waals surface area contributed by atoms with Crippen LogP contribution in [0, 0.1) is 0 Å². The van der Waals surface area contributed by atoms with Gasteiger partial charge >= 0.3 is 11.9 Å². The fourth-order valence-corrected chi connectivity index (χ4v) is 4.50. The predicted molar refractivity (Wildman–Crippen MR) is 196 cm³/mol. The normalized spacial score (nSPS) is 13.2. The van der Waals surface area contributed by atoms with E-state index in [9.17, 15) is 14.7 Å². The van der Waals surface area contributed by atoms with Crippen LogP contribution in [0.3, 0.4) is 0 Å². The average Bonchev–Trinajstić information content (AvgIpc) is 3.06. The van der Waals surface area contributed by atoms with Crippen LogP contribution in [0.1, 0.15) is 142 Å². The van der Waals surface area contributed by atoms with Crippen LogP contribution in [-0.4, -0.2) is 36.4 Å². The highest BCUT2D eigenvalue weighted by atomic mass is 16.6. The van der Waals surface area contributed by atoms with Crippen molar-refractivity contribution in [3.8, 4) is 0 Å². The van der Waals surface area contributed by atoms with Gasteiger partial charge in [-0.2, -0.15) is 0 Å². The van der Waals surface area contributed by atoms with Crippen LogP contribution in [0.25, 0.3) is 0 Å². The van der Waals surface area contributed by atoms with E-state index in [1.807, 2.05) is 0 Å². The molecule has 1 N–H and O–H groups in total. The van der Waals surface area contributed by atoms with Crippen LogP contribution in [-0.2, 0) is 19.1 Å². The van der Waals surface area contributed by atoms with Crippen LogP contribution < -0.4 is 0 Å². The molecule has 260 valence electrons. The van der Waals surface area contributed by atoms with E-state index in [0.717, 1.165) is 109 Å². The second-order valence-electron chi connectivity index (χ2n) is 11.5. The maximum absolute atomic E-state index is 12.1. The first-order valence-electron chi connectivity index (χ1n) is 18.1. The summed E-state index contributed by atoms with van der Waals surface area (Å²) in [6, 6.07) is 0. The van der Waals surface area contributed by atoms with Crippen LogP contribution in [0.2, 0.25) is 0 Å². The van der Waals surface area contributed by atoms with Gasteiger partial charge in [-0.05, 0) is 83.5 Å².